The third-order valence-electron chi connectivity index (χ3n) is 6.88. The van der Waals surface area contributed by atoms with Gasteiger partial charge in [-0.3, -0.25) is 34.9 Å². The number of likely N-dealkylation sites (tertiary alicyclic amines) is 1. The van der Waals surface area contributed by atoms with E-state index < -0.39 is 30.4 Å². The van der Waals surface area contributed by atoms with E-state index >= 15 is 0 Å². The minimum atomic E-state index is -1.08. The van der Waals surface area contributed by atoms with Crippen LogP contribution in [0, 0.1) is 29.6 Å². The summed E-state index contributed by atoms with van der Waals surface area (Å²) in [7, 11) is 0. The molecular formula is C23H26BrN3O6. The highest BCUT2D eigenvalue weighted by molar-refractivity contribution is 9.10. The van der Waals surface area contributed by atoms with Crippen LogP contribution in [0.25, 0.3) is 0 Å². The molecule has 5 atom stereocenters. The maximum atomic E-state index is 13.1. The van der Waals surface area contributed by atoms with Gasteiger partial charge in [0, 0.05) is 10.0 Å². The predicted octanol–water partition coefficient (Wildman–Crippen LogP) is 1.81. The molecule has 0 radical (unpaired) electrons. The Hall–Kier alpha value is -2.75. The quantitative estimate of drug-likeness (QED) is 0.335. The van der Waals surface area contributed by atoms with Crippen LogP contribution in [0.1, 0.15) is 43.5 Å². The molecule has 9 nitrogen and oxygen atoms in total. The molecule has 176 valence electrons. The molecule has 2 N–H and O–H groups in total. The molecule has 10 heteroatoms. The Kier molecular flexibility index (Phi) is 6.56. The fourth-order valence-electron chi connectivity index (χ4n) is 5.44. The summed E-state index contributed by atoms with van der Waals surface area (Å²) < 4.78 is 5.93. The Balaban J connectivity index is 1.33. The second kappa shape index (κ2) is 9.24. The normalized spacial score (nSPS) is 26.4. The smallest absolute Gasteiger partial charge is 0.330 e. The molecule has 0 spiro atoms. The van der Waals surface area contributed by atoms with Crippen LogP contribution in [0.15, 0.2) is 28.7 Å². The average molecular weight is 520 g/mol. The minimum absolute atomic E-state index is 0.213. The van der Waals surface area contributed by atoms with Gasteiger partial charge in [-0.2, -0.15) is 0 Å². The molecule has 1 saturated heterocycles. The van der Waals surface area contributed by atoms with E-state index in [-0.39, 0.29) is 41.4 Å². The third kappa shape index (κ3) is 4.40. The predicted molar refractivity (Wildman–Crippen MR) is 119 cm³/mol. The number of fused-ring (bicyclic) bond motifs is 5. The molecule has 1 aliphatic heterocycles. The number of imide groups is 1. The molecule has 0 aromatic heterocycles. The van der Waals surface area contributed by atoms with Crippen molar-refractivity contribution in [2.45, 2.75) is 39.2 Å². The molecule has 2 aliphatic carbocycles. The number of hydrazine groups is 1. The van der Waals surface area contributed by atoms with Gasteiger partial charge in [-0.15, -0.1) is 0 Å². The zero-order valence-corrected chi connectivity index (χ0v) is 20.0. The molecule has 1 heterocycles. The second-order valence-electron chi connectivity index (χ2n) is 9.24. The Morgan fingerprint density at radius 1 is 1.03 bits per heavy atom. The summed E-state index contributed by atoms with van der Waals surface area (Å²) in [5, 5.41) is 0. The Bertz CT molecular complexity index is 966. The van der Waals surface area contributed by atoms with Gasteiger partial charge in [0.2, 0.25) is 11.8 Å². The van der Waals surface area contributed by atoms with Gasteiger partial charge in [-0.05, 0) is 61.3 Å². The molecular weight excluding hydrogens is 494 g/mol. The van der Waals surface area contributed by atoms with Crippen molar-refractivity contribution in [2.75, 3.05) is 6.61 Å². The molecule has 3 aliphatic rings. The number of carbonyl (C=O) groups excluding carboxylic acids is 5. The number of halogens is 1. The van der Waals surface area contributed by atoms with Gasteiger partial charge >= 0.3 is 5.97 Å². The first-order valence-corrected chi connectivity index (χ1v) is 11.9. The zero-order valence-electron chi connectivity index (χ0n) is 18.4. The fourth-order valence-corrected chi connectivity index (χ4v) is 5.70. The van der Waals surface area contributed by atoms with E-state index in [1.54, 1.807) is 38.1 Å². The van der Waals surface area contributed by atoms with Crippen LogP contribution < -0.4 is 10.9 Å². The molecule has 3 fully saturated rings. The lowest BCUT2D eigenvalue weighted by atomic mass is 9.81. The van der Waals surface area contributed by atoms with Gasteiger partial charge in [0.1, 0.15) is 6.04 Å². The van der Waals surface area contributed by atoms with Crippen molar-refractivity contribution in [3.8, 4) is 0 Å². The van der Waals surface area contributed by atoms with Crippen molar-refractivity contribution in [3.63, 3.8) is 0 Å². The Labute approximate surface area is 199 Å². The highest BCUT2D eigenvalue weighted by Crippen LogP contribution is 2.56. The number of benzene rings is 1. The SMILES string of the molecule is CC(C)[C@H](C(=O)OCC(=O)NNC(=O)c1ccc(Br)cc1)N1C(=O)[C@@H]2[C@H]3CC[C@@H](C3)[C@@H]2C1=O. The second-order valence-corrected chi connectivity index (χ2v) is 10.2. The summed E-state index contributed by atoms with van der Waals surface area (Å²) in [4.78, 5) is 64.2. The van der Waals surface area contributed by atoms with E-state index in [9.17, 15) is 24.0 Å². The number of amides is 4. The van der Waals surface area contributed by atoms with Crippen LogP contribution in [-0.4, -0.2) is 47.1 Å². The van der Waals surface area contributed by atoms with E-state index in [1.807, 2.05) is 0 Å². The summed E-state index contributed by atoms with van der Waals surface area (Å²) in [6, 6.07) is 5.44. The standard InChI is InChI=1S/C23H26BrN3O6/c1-11(2)19(27-21(30)17-13-3-4-14(9-13)18(17)22(27)31)23(32)33-10-16(28)25-26-20(29)12-5-7-15(24)8-6-12/h5-8,11,13-14,17-19H,3-4,9-10H2,1-2H3,(H,25,28)(H,26,29)/t13-,14-,17-,18+,19+/m0/s1. The number of nitrogens with one attached hydrogen (secondary N) is 2. The molecule has 4 rings (SSSR count). The van der Waals surface area contributed by atoms with Crippen molar-refractivity contribution in [3.05, 3.63) is 34.3 Å². The lowest BCUT2D eigenvalue weighted by Gasteiger charge is -2.28. The number of hydrogen-bond donors (Lipinski definition) is 2. The third-order valence-corrected chi connectivity index (χ3v) is 7.41. The molecule has 2 bridgehead atoms. The maximum absolute atomic E-state index is 13.1. The van der Waals surface area contributed by atoms with Crippen LogP contribution in [0.5, 0.6) is 0 Å². The van der Waals surface area contributed by atoms with E-state index in [2.05, 4.69) is 26.8 Å². The molecule has 2 saturated carbocycles. The van der Waals surface area contributed by atoms with Crippen LogP contribution in [0.3, 0.4) is 0 Å². The molecule has 33 heavy (non-hydrogen) atoms. The summed E-state index contributed by atoms with van der Waals surface area (Å²) in [5.41, 5.74) is 4.76. The van der Waals surface area contributed by atoms with Gasteiger partial charge < -0.3 is 4.74 Å². The molecule has 4 amide bonds. The first kappa shape index (κ1) is 23.4. The van der Waals surface area contributed by atoms with Crippen molar-refractivity contribution < 1.29 is 28.7 Å². The molecule has 0 unspecified atom stereocenters. The average Bonchev–Trinajstić information content (AvgIpc) is 3.46. The van der Waals surface area contributed by atoms with E-state index in [0.29, 0.717) is 5.56 Å². The Morgan fingerprint density at radius 3 is 2.15 bits per heavy atom. The number of rotatable bonds is 6. The number of nitrogens with zero attached hydrogens (tertiary/aromatic N) is 1. The Morgan fingerprint density at radius 2 is 1.61 bits per heavy atom. The van der Waals surface area contributed by atoms with Crippen molar-refractivity contribution >= 4 is 45.5 Å². The van der Waals surface area contributed by atoms with Crippen LogP contribution >= 0.6 is 15.9 Å². The van der Waals surface area contributed by atoms with Gasteiger partial charge in [-0.1, -0.05) is 29.8 Å². The summed E-state index contributed by atoms with van der Waals surface area (Å²) >= 11 is 3.27. The van der Waals surface area contributed by atoms with E-state index in [0.717, 1.165) is 28.6 Å². The highest BCUT2D eigenvalue weighted by atomic mass is 79.9. The van der Waals surface area contributed by atoms with Gasteiger partial charge in [-0.25, -0.2) is 4.79 Å². The molecule has 1 aromatic rings. The molecule has 1 aromatic carbocycles. The van der Waals surface area contributed by atoms with E-state index in [1.165, 1.54) is 0 Å². The summed E-state index contributed by atoms with van der Waals surface area (Å²) in [5.74, 6) is -3.28. The lowest BCUT2D eigenvalue weighted by molar-refractivity contribution is -0.162. The number of hydrogen-bond acceptors (Lipinski definition) is 6. The van der Waals surface area contributed by atoms with Gasteiger partial charge in [0.05, 0.1) is 11.8 Å². The van der Waals surface area contributed by atoms with E-state index in [4.69, 9.17) is 4.74 Å². The topological polar surface area (TPSA) is 122 Å². The van der Waals surface area contributed by atoms with Crippen molar-refractivity contribution in [2.24, 2.45) is 29.6 Å². The first-order chi connectivity index (χ1) is 15.7. The van der Waals surface area contributed by atoms with Crippen LogP contribution in [0.4, 0.5) is 0 Å². The van der Waals surface area contributed by atoms with Gasteiger partial charge in [0.15, 0.2) is 6.61 Å². The maximum Gasteiger partial charge on any atom is 0.330 e. The minimum Gasteiger partial charge on any atom is -0.454 e. The van der Waals surface area contributed by atoms with Crippen LogP contribution in [0.2, 0.25) is 0 Å². The zero-order chi connectivity index (χ0) is 23.9. The monoisotopic (exact) mass is 519 g/mol. The number of esters is 1. The first-order valence-electron chi connectivity index (χ1n) is 11.1. The largest absolute Gasteiger partial charge is 0.454 e. The van der Waals surface area contributed by atoms with Crippen LogP contribution in [-0.2, 0) is 23.9 Å². The van der Waals surface area contributed by atoms with Gasteiger partial charge in [0.25, 0.3) is 11.8 Å². The number of carbonyl (C=O) groups is 5. The highest BCUT2D eigenvalue weighted by Gasteiger charge is 2.62. The van der Waals surface area contributed by atoms with Crippen molar-refractivity contribution in [1.29, 1.82) is 0 Å². The number of ether oxygens (including phenoxy) is 1. The summed E-state index contributed by atoms with van der Waals surface area (Å²) in [6.07, 6.45) is 2.80. The van der Waals surface area contributed by atoms with Crippen molar-refractivity contribution in [1.82, 2.24) is 15.8 Å². The fraction of sp³-hybridized carbons (Fsp3) is 0.522. The lowest BCUT2D eigenvalue weighted by Crippen LogP contribution is -2.50. The summed E-state index contributed by atoms with van der Waals surface area (Å²) in [6.45, 7) is 2.80.